The van der Waals surface area contributed by atoms with Crippen LogP contribution in [0.3, 0.4) is 0 Å². The Morgan fingerprint density at radius 1 is 0.333 bits per heavy atom. The lowest BCUT2D eigenvalue weighted by atomic mass is 9.31. The van der Waals surface area contributed by atoms with Gasteiger partial charge in [-0.2, -0.15) is 0 Å². The van der Waals surface area contributed by atoms with E-state index in [0.717, 1.165) is 0 Å². The SMILES string of the molecule is Cc1cc(C)c(B2c3cc4c(cc3-n3c5ccc(C(C)(C)C)cc5c5cc(-c6ccccc6)cc2c53)B(c2c(C)cc(C)cc2C)c2cc(C(C)(C)C)cc3c5cc(-c6ccccc6)ccc5n-4c23)c(C)c1. The summed E-state index contributed by atoms with van der Waals surface area (Å²) >= 11 is 0. The second-order valence-electron chi connectivity index (χ2n) is 23.8. The van der Waals surface area contributed by atoms with E-state index in [0.29, 0.717) is 0 Å². The van der Waals surface area contributed by atoms with Gasteiger partial charge in [-0.3, -0.25) is 0 Å². The Bertz CT molecular complexity index is 4070. The van der Waals surface area contributed by atoms with E-state index in [9.17, 15) is 0 Å². The summed E-state index contributed by atoms with van der Waals surface area (Å²) in [5, 5.41) is 5.26. The zero-order valence-electron chi connectivity index (χ0n) is 44.1. The molecule has 0 saturated heterocycles. The maximum absolute atomic E-state index is 2.68. The third kappa shape index (κ3) is 6.57. The highest BCUT2D eigenvalue weighted by Gasteiger charge is 2.42. The summed E-state index contributed by atoms with van der Waals surface area (Å²) in [6, 6.07) is 61.6. The van der Waals surface area contributed by atoms with Crippen molar-refractivity contribution < 1.29 is 0 Å². The van der Waals surface area contributed by atoms with Crippen molar-refractivity contribution in [1.82, 2.24) is 9.13 Å². The van der Waals surface area contributed by atoms with Gasteiger partial charge in [0.1, 0.15) is 0 Å². The Hall–Kier alpha value is -7.29. The lowest BCUT2D eigenvalue weighted by Crippen LogP contribution is -2.61. The van der Waals surface area contributed by atoms with E-state index in [1.165, 1.54) is 155 Å². The van der Waals surface area contributed by atoms with Gasteiger partial charge < -0.3 is 9.13 Å². The molecule has 0 N–H and O–H groups in total. The van der Waals surface area contributed by atoms with Gasteiger partial charge in [-0.15, -0.1) is 0 Å². The fourth-order valence-corrected chi connectivity index (χ4v) is 13.5. The second-order valence-corrected chi connectivity index (χ2v) is 23.8. The third-order valence-corrected chi connectivity index (χ3v) is 16.7. The molecule has 0 unspecified atom stereocenters. The van der Waals surface area contributed by atoms with E-state index in [1.807, 2.05) is 0 Å². The van der Waals surface area contributed by atoms with E-state index in [4.69, 9.17) is 0 Å². The Morgan fingerprint density at radius 2 is 0.750 bits per heavy atom. The molecule has 0 spiro atoms. The second kappa shape index (κ2) is 15.6. The molecule has 13 rings (SSSR count). The van der Waals surface area contributed by atoms with Crippen molar-refractivity contribution in [3.8, 4) is 33.6 Å². The van der Waals surface area contributed by atoms with Gasteiger partial charge in [-0.05, 0) is 156 Å². The number of hydrogen-bond donors (Lipinski definition) is 0. The zero-order valence-corrected chi connectivity index (χ0v) is 44.1. The van der Waals surface area contributed by atoms with Gasteiger partial charge in [-0.25, -0.2) is 0 Å². The van der Waals surface area contributed by atoms with E-state index in [2.05, 4.69) is 250 Å². The van der Waals surface area contributed by atoms with Crippen LogP contribution >= 0.6 is 0 Å². The van der Waals surface area contributed by atoms with Crippen LogP contribution in [0, 0.1) is 41.5 Å². The molecule has 0 atom stereocenters. The van der Waals surface area contributed by atoms with Crippen LogP contribution < -0.4 is 32.8 Å². The number of benzene rings is 9. The summed E-state index contributed by atoms with van der Waals surface area (Å²) in [7, 11) is 0. The first-order valence-electron chi connectivity index (χ1n) is 26.1. The first kappa shape index (κ1) is 44.6. The van der Waals surface area contributed by atoms with Crippen LogP contribution in [0.15, 0.2) is 158 Å². The highest BCUT2D eigenvalue weighted by molar-refractivity contribution is 7.00. The molecule has 0 radical (unpaired) electrons. The van der Waals surface area contributed by atoms with Crippen LogP contribution in [0.1, 0.15) is 86.1 Å². The maximum atomic E-state index is 2.68. The van der Waals surface area contributed by atoms with Crippen LogP contribution in [-0.4, -0.2) is 22.6 Å². The summed E-state index contributed by atoms with van der Waals surface area (Å²) in [6.07, 6.45) is 0. The molecular formula is C68H62B2N2. The molecule has 11 aromatic rings. The maximum Gasteiger partial charge on any atom is 0.247 e. The Kier molecular flexibility index (Phi) is 9.67. The molecule has 0 saturated carbocycles. The zero-order chi connectivity index (χ0) is 49.9. The van der Waals surface area contributed by atoms with Crippen LogP contribution in [-0.2, 0) is 10.8 Å². The van der Waals surface area contributed by atoms with E-state index in [1.54, 1.807) is 0 Å². The first-order chi connectivity index (χ1) is 34.4. The average molecular weight is 929 g/mol. The van der Waals surface area contributed by atoms with E-state index in [-0.39, 0.29) is 24.3 Å². The molecule has 0 bridgehead atoms. The van der Waals surface area contributed by atoms with E-state index >= 15 is 0 Å². The van der Waals surface area contributed by atoms with Crippen molar-refractivity contribution in [2.24, 2.45) is 0 Å². The highest BCUT2D eigenvalue weighted by Crippen LogP contribution is 2.42. The van der Waals surface area contributed by atoms with Gasteiger partial charge in [0.15, 0.2) is 0 Å². The lowest BCUT2D eigenvalue weighted by molar-refractivity contribution is 0.591. The number of nitrogens with zero attached hydrogens (tertiary/aromatic N) is 2. The number of hydrogen-bond acceptors (Lipinski definition) is 0. The molecular weight excluding hydrogens is 866 g/mol. The molecule has 0 aliphatic carbocycles. The predicted molar refractivity (Wildman–Crippen MR) is 314 cm³/mol. The van der Waals surface area contributed by atoms with Crippen molar-refractivity contribution in [3.05, 3.63) is 202 Å². The first-order valence-corrected chi connectivity index (χ1v) is 26.1. The van der Waals surface area contributed by atoms with Crippen LogP contribution in [0.4, 0.5) is 0 Å². The fraction of sp³-hybridized carbons (Fsp3) is 0.206. The quantitative estimate of drug-likeness (QED) is 0.156. The molecule has 0 fully saturated rings. The fourth-order valence-electron chi connectivity index (χ4n) is 13.5. The van der Waals surface area contributed by atoms with Crippen molar-refractivity contribution >= 4 is 89.8 Å². The van der Waals surface area contributed by atoms with E-state index < -0.39 is 0 Å². The van der Waals surface area contributed by atoms with Crippen molar-refractivity contribution in [3.63, 3.8) is 0 Å². The van der Waals surface area contributed by atoms with Crippen molar-refractivity contribution in [2.45, 2.75) is 93.9 Å². The van der Waals surface area contributed by atoms with Crippen LogP contribution in [0.25, 0.3) is 77.2 Å². The number of fused-ring (bicyclic) bond motifs is 10. The molecule has 9 aromatic carbocycles. The summed E-state index contributed by atoms with van der Waals surface area (Å²) in [6.45, 7) is 28.0. The normalized spacial score (nSPS) is 13.2. The van der Waals surface area contributed by atoms with Gasteiger partial charge in [0.05, 0.1) is 11.0 Å². The summed E-state index contributed by atoms with van der Waals surface area (Å²) in [5.41, 5.74) is 31.6. The molecule has 72 heavy (non-hydrogen) atoms. The smallest absolute Gasteiger partial charge is 0.247 e. The van der Waals surface area contributed by atoms with Gasteiger partial charge in [0.25, 0.3) is 0 Å². The standard InChI is InChI=1S/C68H62B2N2/c1-39-27-41(3)63(42(4)28-39)69-55-37-62-56(38-61(55)72-60-26-24-49(67(7,8)9)34-52(60)53-32-48(33-57(69)65(53)72)46-21-17-14-18-22-46)70(64-43(5)29-40(2)30-44(64)6)58-36-50(68(10,11)12)35-54-51-31-47(45-19-15-13-16-20-45)23-25-59(51)71(62)66(54)58/h13-38H,1-12H3. The van der Waals surface area contributed by atoms with Gasteiger partial charge >= 0.3 is 0 Å². The third-order valence-electron chi connectivity index (χ3n) is 16.7. The summed E-state index contributed by atoms with van der Waals surface area (Å²) in [5.74, 6) is 0. The molecule has 2 nitrogen and oxygen atoms in total. The number of aryl methyl sites for hydroxylation is 6. The highest BCUT2D eigenvalue weighted by atomic mass is 15.0. The number of rotatable bonds is 4. The molecule has 2 aliphatic heterocycles. The minimum Gasteiger partial charge on any atom is -0.310 e. The van der Waals surface area contributed by atoms with Gasteiger partial charge in [0, 0.05) is 44.0 Å². The van der Waals surface area contributed by atoms with Crippen LogP contribution in [0.5, 0.6) is 0 Å². The minimum absolute atomic E-state index is 0.00549. The Balaban J connectivity index is 1.23. The Labute approximate surface area is 426 Å². The summed E-state index contributed by atoms with van der Waals surface area (Å²) in [4.78, 5) is 0. The lowest BCUT2D eigenvalue weighted by Gasteiger charge is -2.35. The van der Waals surface area contributed by atoms with Crippen molar-refractivity contribution in [1.29, 1.82) is 0 Å². The minimum atomic E-state index is -0.0743. The molecule has 2 aliphatic rings. The Morgan fingerprint density at radius 3 is 1.25 bits per heavy atom. The molecule has 4 heteroatoms. The van der Waals surface area contributed by atoms with Gasteiger partial charge in [0.2, 0.25) is 13.4 Å². The predicted octanol–water partition coefficient (Wildman–Crippen LogP) is 13.3. The topological polar surface area (TPSA) is 9.86 Å². The monoisotopic (exact) mass is 929 g/mol. The van der Waals surface area contributed by atoms with Crippen LogP contribution in [0.2, 0.25) is 0 Å². The van der Waals surface area contributed by atoms with Gasteiger partial charge in [-0.1, -0.05) is 195 Å². The summed E-state index contributed by atoms with van der Waals surface area (Å²) < 4.78 is 5.35. The molecule has 0 amide bonds. The molecule has 4 heterocycles. The average Bonchev–Trinajstić information content (AvgIpc) is 3.85. The largest absolute Gasteiger partial charge is 0.310 e. The number of aromatic nitrogens is 2. The molecule has 350 valence electrons. The van der Waals surface area contributed by atoms with Crippen molar-refractivity contribution in [2.75, 3.05) is 0 Å². The molecule has 2 aromatic heterocycles.